The molecule has 0 fully saturated rings. The quantitative estimate of drug-likeness (QED) is 0.313. The molecule has 228 valence electrons. The Kier molecular flexibility index (Phi) is 10.2. The third-order valence-electron chi connectivity index (χ3n) is 6.30. The van der Waals surface area contributed by atoms with Crippen LogP contribution in [0.25, 0.3) is 0 Å². The second kappa shape index (κ2) is 14.0. The van der Waals surface area contributed by atoms with Crippen LogP contribution >= 0.6 is 11.6 Å². The second-order valence-corrected chi connectivity index (χ2v) is 10.0. The Labute approximate surface area is 255 Å². The van der Waals surface area contributed by atoms with Crippen LogP contribution < -0.4 is 15.5 Å². The number of ketones is 1. The normalized spacial score (nSPS) is 14.8. The molecular weight excluding hydrogens is 601 g/mol. The number of ether oxygens (including phenoxy) is 1. The van der Waals surface area contributed by atoms with Crippen LogP contribution in [0.3, 0.4) is 0 Å². The van der Waals surface area contributed by atoms with Gasteiger partial charge in [-0.2, -0.15) is 13.2 Å². The Hall–Kier alpha value is -4.97. The van der Waals surface area contributed by atoms with Gasteiger partial charge >= 0.3 is 12.3 Å². The lowest BCUT2D eigenvalue weighted by Gasteiger charge is -2.24. The minimum Gasteiger partial charge on any atom is -0.446 e. The lowest BCUT2D eigenvalue weighted by Crippen LogP contribution is -2.45. The first-order valence-corrected chi connectivity index (χ1v) is 13.6. The maximum atomic E-state index is 13.8. The Morgan fingerprint density at radius 1 is 1.05 bits per heavy atom. The Balaban J connectivity index is 1.62. The van der Waals surface area contributed by atoms with Gasteiger partial charge in [0.05, 0.1) is 22.6 Å². The molecule has 13 heteroatoms. The van der Waals surface area contributed by atoms with Crippen molar-refractivity contribution in [2.45, 2.75) is 25.6 Å². The number of aliphatic imine (C=N–C) groups is 1. The Bertz CT molecular complexity index is 1630. The van der Waals surface area contributed by atoms with Crippen LogP contribution in [-0.4, -0.2) is 48.6 Å². The van der Waals surface area contributed by atoms with Gasteiger partial charge < -0.3 is 15.0 Å². The molecule has 1 aliphatic rings. The van der Waals surface area contributed by atoms with Crippen molar-refractivity contribution in [1.82, 2.24) is 5.32 Å². The van der Waals surface area contributed by atoms with Gasteiger partial charge in [0.15, 0.2) is 6.04 Å². The number of anilines is 2. The second-order valence-electron chi connectivity index (χ2n) is 9.59. The molecule has 0 spiro atoms. The third kappa shape index (κ3) is 8.10. The minimum atomic E-state index is -4.81. The van der Waals surface area contributed by atoms with Crippen LogP contribution in [0.1, 0.15) is 30.0 Å². The number of benzodiazepines with no additional fused rings is 1. The van der Waals surface area contributed by atoms with Crippen molar-refractivity contribution in [3.8, 4) is 0 Å². The summed E-state index contributed by atoms with van der Waals surface area (Å²) in [7, 11) is 0. The van der Waals surface area contributed by atoms with Gasteiger partial charge in [-0.3, -0.25) is 24.7 Å². The van der Waals surface area contributed by atoms with Crippen LogP contribution in [0.15, 0.2) is 90.1 Å². The predicted octanol–water partition coefficient (Wildman–Crippen LogP) is 5.77. The van der Waals surface area contributed by atoms with Gasteiger partial charge in [-0.1, -0.05) is 66.2 Å². The van der Waals surface area contributed by atoms with E-state index < -0.39 is 54.5 Å². The standard InChI is InChI=1S/C31H26ClF3N4O5/c1-19(40)8-7-15-36-27(41)17-39-26-12-6-5-11-22(26)28(20-9-3-2-4-10-20)37-25(29(39)42)18-44-30(43)38-24-14-13-21(32)16-23(24)31(33,34)35/h2-7,9-16,25H,8,17-18H2,1H3,(H,36,41)(H,38,43)/b15-7+/t25-/m1/s1. The minimum absolute atomic E-state index is 0.102. The van der Waals surface area contributed by atoms with Crippen LogP contribution in [0, 0.1) is 0 Å². The number of benzene rings is 3. The summed E-state index contributed by atoms with van der Waals surface area (Å²) >= 11 is 5.71. The van der Waals surface area contributed by atoms with Crippen molar-refractivity contribution in [3.63, 3.8) is 0 Å². The molecule has 44 heavy (non-hydrogen) atoms. The fourth-order valence-corrected chi connectivity index (χ4v) is 4.48. The summed E-state index contributed by atoms with van der Waals surface area (Å²) in [5.74, 6) is -1.37. The lowest BCUT2D eigenvalue weighted by molar-refractivity contribution is -0.137. The number of carbonyl (C=O) groups excluding carboxylic acids is 4. The van der Waals surface area contributed by atoms with E-state index in [2.05, 4.69) is 10.3 Å². The molecule has 0 saturated heterocycles. The zero-order valence-electron chi connectivity index (χ0n) is 23.2. The molecule has 3 amide bonds. The van der Waals surface area contributed by atoms with Gasteiger partial charge in [0.1, 0.15) is 18.9 Å². The molecule has 4 rings (SSSR count). The Morgan fingerprint density at radius 3 is 2.45 bits per heavy atom. The van der Waals surface area contributed by atoms with Gasteiger partial charge in [0.2, 0.25) is 5.91 Å². The number of nitrogens with zero attached hydrogens (tertiary/aromatic N) is 2. The van der Waals surface area contributed by atoms with Crippen molar-refractivity contribution in [2.24, 2.45) is 4.99 Å². The fourth-order valence-electron chi connectivity index (χ4n) is 4.31. The number of hydrogen-bond acceptors (Lipinski definition) is 6. The molecular formula is C31H26ClF3N4O5. The first-order valence-electron chi connectivity index (χ1n) is 13.2. The number of halogens is 4. The van der Waals surface area contributed by atoms with Gasteiger partial charge in [0.25, 0.3) is 5.91 Å². The van der Waals surface area contributed by atoms with Crippen LogP contribution in [0.2, 0.25) is 5.02 Å². The molecule has 0 radical (unpaired) electrons. The number of amides is 3. The zero-order valence-corrected chi connectivity index (χ0v) is 24.0. The average molecular weight is 627 g/mol. The lowest BCUT2D eigenvalue weighted by atomic mass is 10.0. The number of fused-ring (bicyclic) bond motifs is 1. The van der Waals surface area contributed by atoms with E-state index in [0.717, 1.165) is 6.07 Å². The van der Waals surface area contributed by atoms with Crippen molar-refractivity contribution >= 4 is 52.4 Å². The monoisotopic (exact) mass is 626 g/mol. The maximum Gasteiger partial charge on any atom is 0.418 e. The third-order valence-corrected chi connectivity index (χ3v) is 6.53. The maximum absolute atomic E-state index is 13.8. The molecule has 1 heterocycles. The van der Waals surface area contributed by atoms with Crippen LogP contribution in [0.4, 0.5) is 29.3 Å². The van der Waals surface area contributed by atoms with Crippen molar-refractivity contribution in [1.29, 1.82) is 0 Å². The van der Waals surface area contributed by atoms with Gasteiger partial charge in [0, 0.05) is 28.8 Å². The van der Waals surface area contributed by atoms with Gasteiger partial charge in [-0.25, -0.2) is 4.79 Å². The largest absolute Gasteiger partial charge is 0.446 e. The highest BCUT2D eigenvalue weighted by Gasteiger charge is 2.36. The number of alkyl halides is 3. The molecule has 1 aliphatic heterocycles. The molecule has 2 N–H and O–H groups in total. The van der Waals surface area contributed by atoms with E-state index in [1.54, 1.807) is 54.6 Å². The Morgan fingerprint density at radius 2 is 1.75 bits per heavy atom. The number of para-hydroxylation sites is 1. The molecule has 0 bridgehead atoms. The summed E-state index contributed by atoms with van der Waals surface area (Å²) in [4.78, 5) is 56.2. The summed E-state index contributed by atoms with van der Waals surface area (Å²) in [5, 5.41) is 4.38. The highest BCUT2D eigenvalue weighted by Crippen LogP contribution is 2.36. The van der Waals surface area contributed by atoms with Crippen LogP contribution in [0.5, 0.6) is 0 Å². The summed E-state index contributed by atoms with van der Waals surface area (Å²) in [5.41, 5.74) is 0.139. The van der Waals surface area contributed by atoms with E-state index in [0.29, 0.717) is 28.6 Å². The number of Topliss-reactive ketones (excluding diaryl/α,β-unsaturated/α-hetero) is 1. The summed E-state index contributed by atoms with van der Waals surface area (Å²) in [6, 6.07) is 17.1. The summed E-state index contributed by atoms with van der Waals surface area (Å²) < 4.78 is 45.7. The highest BCUT2D eigenvalue weighted by molar-refractivity contribution is 6.30. The number of allylic oxidation sites excluding steroid dienone is 1. The predicted molar refractivity (Wildman–Crippen MR) is 159 cm³/mol. The van der Waals surface area contributed by atoms with Gasteiger partial charge in [-0.15, -0.1) is 0 Å². The van der Waals surface area contributed by atoms with Crippen molar-refractivity contribution in [3.05, 3.63) is 107 Å². The van der Waals surface area contributed by atoms with E-state index >= 15 is 0 Å². The average Bonchev–Trinajstić information content (AvgIpc) is 3.09. The number of hydrogen-bond donors (Lipinski definition) is 2. The van der Waals surface area contributed by atoms with E-state index in [1.165, 1.54) is 30.2 Å². The van der Waals surface area contributed by atoms with Crippen molar-refractivity contribution in [2.75, 3.05) is 23.4 Å². The van der Waals surface area contributed by atoms with E-state index in [9.17, 15) is 32.3 Å². The van der Waals surface area contributed by atoms with E-state index in [4.69, 9.17) is 16.3 Å². The molecule has 3 aromatic rings. The topological polar surface area (TPSA) is 117 Å². The molecule has 9 nitrogen and oxygen atoms in total. The highest BCUT2D eigenvalue weighted by atomic mass is 35.5. The smallest absolute Gasteiger partial charge is 0.418 e. The summed E-state index contributed by atoms with van der Waals surface area (Å²) in [6.07, 6.45) is -3.19. The molecule has 3 aromatic carbocycles. The van der Waals surface area contributed by atoms with Crippen LogP contribution in [-0.2, 0) is 25.3 Å². The van der Waals surface area contributed by atoms with Crippen molar-refractivity contribution < 1.29 is 37.1 Å². The van der Waals surface area contributed by atoms with Gasteiger partial charge in [-0.05, 0) is 31.2 Å². The molecule has 0 unspecified atom stereocenters. The number of carbonyl (C=O) groups is 4. The number of rotatable bonds is 9. The first kappa shape index (κ1) is 32.0. The zero-order chi connectivity index (χ0) is 31.9. The first-order chi connectivity index (χ1) is 20.9. The molecule has 0 aliphatic carbocycles. The van der Waals surface area contributed by atoms with E-state index in [-0.39, 0.29) is 17.2 Å². The SMILES string of the molecule is CC(=O)C/C=C/NC(=O)CN1C(=O)[C@@H](COC(=O)Nc2ccc(Cl)cc2C(F)(F)F)N=C(c2ccccc2)c2ccccc21. The number of nitrogens with one attached hydrogen (secondary N) is 2. The molecule has 0 aromatic heterocycles. The fraction of sp³-hybridized carbons (Fsp3) is 0.194. The molecule has 0 saturated carbocycles. The van der Waals surface area contributed by atoms with E-state index in [1.807, 2.05) is 5.32 Å². The molecule has 1 atom stereocenters. The summed E-state index contributed by atoms with van der Waals surface area (Å²) in [6.45, 7) is 0.303.